The van der Waals surface area contributed by atoms with Gasteiger partial charge in [-0.25, -0.2) is 8.42 Å². The average Bonchev–Trinajstić information content (AvgIpc) is 2.87. The highest BCUT2D eigenvalue weighted by molar-refractivity contribution is 7.92. The first-order chi connectivity index (χ1) is 17.1. The minimum Gasteiger partial charge on any atom is -0.355 e. The van der Waals surface area contributed by atoms with Crippen molar-refractivity contribution in [3.8, 4) is 0 Å². The molecule has 0 unspecified atom stereocenters. The number of hydrogen-bond donors (Lipinski definition) is 1. The van der Waals surface area contributed by atoms with Gasteiger partial charge in [0.2, 0.25) is 11.8 Å². The van der Waals surface area contributed by atoms with Crippen molar-refractivity contribution in [2.45, 2.75) is 31.3 Å². The van der Waals surface area contributed by atoms with Gasteiger partial charge in [0.05, 0.1) is 15.6 Å². The van der Waals surface area contributed by atoms with Crippen LogP contribution in [0.3, 0.4) is 0 Å². The molecule has 0 aliphatic carbocycles. The van der Waals surface area contributed by atoms with E-state index in [1.54, 1.807) is 32.0 Å². The summed E-state index contributed by atoms with van der Waals surface area (Å²) in [7, 11) is -4.19. The van der Waals surface area contributed by atoms with Crippen LogP contribution in [-0.4, -0.2) is 44.3 Å². The molecule has 10 heteroatoms. The third-order valence-corrected chi connectivity index (χ3v) is 7.81. The molecule has 3 aromatic carbocycles. The second kappa shape index (κ2) is 12.3. The van der Waals surface area contributed by atoms with Crippen molar-refractivity contribution < 1.29 is 18.0 Å². The first-order valence-corrected chi connectivity index (χ1v) is 13.5. The van der Waals surface area contributed by atoms with Crippen LogP contribution in [0, 0.1) is 0 Å². The molecule has 3 rings (SSSR count). The molecule has 0 spiro atoms. The smallest absolute Gasteiger partial charge is 0.264 e. The van der Waals surface area contributed by atoms with Crippen LogP contribution in [0.15, 0.2) is 83.8 Å². The Morgan fingerprint density at radius 3 is 2.14 bits per heavy atom. The zero-order valence-electron chi connectivity index (χ0n) is 19.9. The van der Waals surface area contributed by atoms with Crippen LogP contribution in [0.25, 0.3) is 0 Å². The van der Waals surface area contributed by atoms with Gasteiger partial charge in [-0.15, -0.1) is 0 Å². The minimum atomic E-state index is -4.19. The molecule has 7 nitrogen and oxygen atoms in total. The van der Waals surface area contributed by atoms with Gasteiger partial charge in [-0.2, -0.15) is 0 Å². The van der Waals surface area contributed by atoms with Crippen LogP contribution in [0.2, 0.25) is 10.0 Å². The lowest BCUT2D eigenvalue weighted by Crippen LogP contribution is -2.51. The number of carbonyl (C=O) groups excluding carboxylic acids is 2. The molecule has 0 radical (unpaired) electrons. The van der Waals surface area contributed by atoms with E-state index in [9.17, 15) is 18.0 Å². The molecule has 2 amide bonds. The Hall–Kier alpha value is -3.07. The zero-order valence-corrected chi connectivity index (χ0v) is 22.2. The normalized spacial score (nSPS) is 12.0. The van der Waals surface area contributed by atoms with Gasteiger partial charge in [0.1, 0.15) is 12.6 Å². The zero-order chi connectivity index (χ0) is 26.3. The number of amides is 2. The molecule has 0 aromatic heterocycles. The maximum absolute atomic E-state index is 13.7. The van der Waals surface area contributed by atoms with Gasteiger partial charge >= 0.3 is 0 Å². The minimum absolute atomic E-state index is 0.00444. The van der Waals surface area contributed by atoms with Crippen LogP contribution in [0.1, 0.15) is 19.4 Å². The molecule has 3 aromatic rings. The Kier molecular flexibility index (Phi) is 9.37. The van der Waals surface area contributed by atoms with Crippen molar-refractivity contribution in [3.63, 3.8) is 0 Å². The summed E-state index contributed by atoms with van der Waals surface area (Å²) in [6.07, 6.45) is 0. The van der Waals surface area contributed by atoms with Gasteiger partial charge in [0.25, 0.3) is 10.0 Å². The summed E-state index contributed by atoms with van der Waals surface area (Å²) in [6, 6.07) is 20.4. The third-order valence-electron chi connectivity index (χ3n) is 5.50. The van der Waals surface area contributed by atoms with Crippen molar-refractivity contribution >= 4 is 50.7 Å². The number of carbonyl (C=O) groups is 2. The van der Waals surface area contributed by atoms with Crippen LogP contribution >= 0.6 is 23.2 Å². The van der Waals surface area contributed by atoms with E-state index in [0.29, 0.717) is 11.6 Å². The van der Waals surface area contributed by atoms with Crippen molar-refractivity contribution in [2.75, 3.05) is 17.4 Å². The highest BCUT2D eigenvalue weighted by Crippen LogP contribution is 2.33. The SMILES string of the molecule is CCNC(=O)[C@H](C)N(Cc1ccccc1)C(=O)CN(c1ccc(Cl)cc1Cl)S(=O)(=O)c1ccccc1. The molecular formula is C26H27Cl2N3O4S. The van der Waals surface area contributed by atoms with Crippen molar-refractivity contribution in [1.29, 1.82) is 0 Å². The van der Waals surface area contributed by atoms with E-state index >= 15 is 0 Å². The number of sulfonamides is 1. The number of likely N-dealkylation sites (N-methyl/N-ethyl adjacent to an activating group) is 1. The number of anilines is 1. The van der Waals surface area contributed by atoms with E-state index in [-0.39, 0.29) is 28.1 Å². The number of rotatable bonds is 10. The van der Waals surface area contributed by atoms with Crippen LogP contribution in [0.4, 0.5) is 5.69 Å². The molecule has 0 saturated carbocycles. The van der Waals surface area contributed by atoms with Crippen LogP contribution in [0.5, 0.6) is 0 Å². The fraction of sp³-hybridized carbons (Fsp3) is 0.231. The van der Waals surface area contributed by atoms with Crippen molar-refractivity contribution in [3.05, 3.63) is 94.5 Å². The van der Waals surface area contributed by atoms with E-state index in [1.165, 1.54) is 35.2 Å². The quantitative estimate of drug-likeness (QED) is 0.397. The second-order valence-corrected chi connectivity index (χ2v) is 10.7. The maximum atomic E-state index is 13.7. The molecule has 0 aliphatic heterocycles. The highest BCUT2D eigenvalue weighted by Gasteiger charge is 2.33. The van der Waals surface area contributed by atoms with Crippen molar-refractivity contribution in [1.82, 2.24) is 10.2 Å². The standard InChI is InChI=1S/C26H27Cl2N3O4S/c1-3-29-26(33)19(2)30(17-20-10-6-4-7-11-20)25(32)18-31(24-15-14-21(27)16-23(24)28)36(34,35)22-12-8-5-9-13-22/h4-16,19H,3,17-18H2,1-2H3,(H,29,33)/t19-/m0/s1. The van der Waals surface area contributed by atoms with E-state index in [0.717, 1.165) is 9.87 Å². The van der Waals surface area contributed by atoms with Crippen molar-refractivity contribution in [2.24, 2.45) is 0 Å². The summed E-state index contributed by atoms with van der Waals surface area (Å²) >= 11 is 12.4. The van der Waals surface area contributed by atoms with Gasteiger partial charge in [-0.1, -0.05) is 71.7 Å². The third kappa shape index (κ3) is 6.57. The largest absolute Gasteiger partial charge is 0.355 e. The summed E-state index contributed by atoms with van der Waals surface area (Å²) in [5, 5.41) is 3.11. The predicted molar refractivity (Wildman–Crippen MR) is 143 cm³/mol. The molecule has 36 heavy (non-hydrogen) atoms. The topological polar surface area (TPSA) is 86.8 Å². The second-order valence-electron chi connectivity index (χ2n) is 8.00. The van der Waals surface area contributed by atoms with E-state index < -0.39 is 28.5 Å². The number of halogens is 2. The average molecular weight is 548 g/mol. The fourth-order valence-corrected chi connectivity index (χ4v) is 5.62. The summed E-state index contributed by atoms with van der Waals surface area (Å²) < 4.78 is 28.3. The fourth-order valence-electron chi connectivity index (χ4n) is 3.60. The summed E-state index contributed by atoms with van der Waals surface area (Å²) in [4.78, 5) is 27.7. The van der Waals surface area contributed by atoms with Crippen LogP contribution < -0.4 is 9.62 Å². The van der Waals surface area contributed by atoms with Gasteiger partial charge in [-0.05, 0) is 49.7 Å². The monoisotopic (exact) mass is 547 g/mol. The molecule has 0 saturated heterocycles. The maximum Gasteiger partial charge on any atom is 0.264 e. The van der Waals surface area contributed by atoms with E-state index in [2.05, 4.69) is 5.32 Å². The lowest BCUT2D eigenvalue weighted by atomic mass is 10.1. The molecule has 0 aliphatic rings. The lowest BCUT2D eigenvalue weighted by Gasteiger charge is -2.32. The highest BCUT2D eigenvalue weighted by atomic mass is 35.5. The Labute approximate surface area is 221 Å². The molecule has 1 N–H and O–H groups in total. The summed E-state index contributed by atoms with van der Waals surface area (Å²) in [5.74, 6) is -0.910. The lowest BCUT2D eigenvalue weighted by molar-refractivity contribution is -0.139. The Balaban J connectivity index is 2.04. The molecule has 0 fully saturated rings. The predicted octanol–water partition coefficient (Wildman–Crippen LogP) is 4.74. The molecule has 1 atom stereocenters. The molecular weight excluding hydrogens is 521 g/mol. The first-order valence-electron chi connectivity index (χ1n) is 11.3. The van der Waals surface area contributed by atoms with Gasteiger partial charge in [0.15, 0.2) is 0 Å². The number of nitrogens with one attached hydrogen (secondary N) is 1. The molecule has 0 heterocycles. The van der Waals surface area contributed by atoms with Gasteiger partial charge < -0.3 is 10.2 Å². The number of hydrogen-bond acceptors (Lipinski definition) is 4. The number of benzene rings is 3. The Morgan fingerprint density at radius 1 is 0.944 bits per heavy atom. The Morgan fingerprint density at radius 2 is 1.56 bits per heavy atom. The van der Waals surface area contributed by atoms with Gasteiger partial charge in [-0.3, -0.25) is 13.9 Å². The van der Waals surface area contributed by atoms with Crippen LogP contribution in [-0.2, 0) is 26.2 Å². The van der Waals surface area contributed by atoms with E-state index in [4.69, 9.17) is 23.2 Å². The summed E-state index contributed by atoms with van der Waals surface area (Å²) in [6.45, 7) is 3.33. The van der Waals surface area contributed by atoms with E-state index in [1.807, 2.05) is 30.3 Å². The molecule has 0 bridgehead atoms. The molecule has 190 valence electrons. The van der Waals surface area contributed by atoms with Gasteiger partial charge in [0, 0.05) is 18.1 Å². The first kappa shape index (κ1) is 27.5. The summed E-state index contributed by atoms with van der Waals surface area (Å²) in [5.41, 5.74) is 0.896. The Bertz CT molecular complexity index is 1310. The number of nitrogens with zero attached hydrogens (tertiary/aromatic N) is 2.